The molecule has 0 spiro atoms. The molecule has 21 unspecified atom stereocenters. The van der Waals surface area contributed by atoms with Crippen LogP contribution in [0.2, 0.25) is 0 Å². The maximum atomic E-state index is 16.2. The van der Waals surface area contributed by atoms with Gasteiger partial charge in [-0.1, -0.05) is 118 Å². The number of nitrogens with one attached hydrogen (secondary N) is 1. The maximum absolute atomic E-state index is 16.2. The van der Waals surface area contributed by atoms with Crippen LogP contribution in [0.4, 0.5) is 4.79 Å². The van der Waals surface area contributed by atoms with Gasteiger partial charge in [0.2, 0.25) is 6.29 Å². The second-order valence-corrected chi connectivity index (χ2v) is 36.3. The number of amides is 1. The Morgan fingerprint density at radius 1 is 0.540 bits per heavy atom. The fraction of sp³-hybridized carbons (Fsp3) is 0.938. The first-order valence-corrected chi connectivity index (χ1v) is 41.5. The van der Waals surface area contributed by atoms with Crippen molar-refractivity contribution in [3.05, 3.63) is 11.6 Å². The molecule has 650 valence electrons. The van der Waals surface area contributed by atoms with Crippen molar-refractivity contribution in [2.45, 2.75) is 369 Å². The van der Waals surface area contributed by atoms with Gasteiger partial charge in [0.1, 0.15) is 97.0 Å². The number of hydrogen-bond acceptors (Lipinski definition) is 31. The van der Waals surface area contributed by atoms with Crippen LogP contribution in [0.3, 0.4) is 0 Å². The van der Waals surface area contributed by atoms with Crippen LogP contribution in [0.15, 0.2) is 11.6 Å². The van der Waals surface area contributed by atoms with Gasteiger partial charge in [0.05, 0.1) is 56.4 Å². The molecule has 38 atom stereocenters. The van der Waals surface area contributed by atoms with E-state index in [0.29, 0.717) is 51.5 Å². The average molecular weight is 1620 g/mol. The zero-order valence-corrected chi connectivity index (χ0v) is 67.5. The number of ether oxygens (including phenoxy) is 14. The summed E-state index contributed by atoms with van der Waals surface area (Å²) in [5.41, 5.74) is -4.17. The Morgan fingerprint density at radius 2 is 1.15 bits per heavy atom. The van der Waals surface area contributed by atoms with Gasteiger partial charge >= 0.3 is 18.0 Å². The maximum Gasteiger partial charge on any atom is 0.407 e. The van der Waals surface area contributed by atoms with Crippen molar-refractivity contribution in [3.63, 3.8) is 0 Å². The minimum Gasteiger partial charge on any atom is -0.479 e. The number of carbonyl (C=O) groups is 3. The number of hydrogen-bond donors (Lipinski definition) is 16. The van der Waals surface area contributed by atoms with Gasteiger partial charge in [0.25, 0.3) is 0 Å². The summed E-state index contributed by atoms with van der Waals surface area (Å²) in [6.45, 7) is 16.4. The molecule has 33 heteroatoms. The first-order chi connectivity index (χ1) is 53.4. The Balaban J connectivity index is 0.851. The Kier molecular flexibility index (Phi) is 29.8. The van der Waals surface area contributed by atoms with Gasteiger partial charge in [0.15, 0.2) is 43.5 Å². The van der Waals surface area contributed by atoms with E-state index < -0.39 is 255 Å². The number of unbranched alkanes of at least 4 members (excludes halogenated alkanes) is 9. The number of methoxy groups -OCH3 is 2. The quantitative estimate of drug-likeness (QED) is 0.0219. The minimum absolute atomic E-state index is 0.0982. The highest BCUT2D eigenvalue weighted by atomic mass is 16.8. The molecule has 0 aromatic heterocycles. The van der Waals surface area contributed by atoms with Gasteiger partial charge in [-0.15, -0.1) is 0 Å². The third-order valence-electron chi connectivity index (χ3n) is 28.9. The van der Waals surface area contributed by atoms with E-state index in [1.807, 2.05) is 6.92 Å². The van der Waals surface area contributed by atoms with Crippen molar-refractivity contribution in [2.75, 3.05) is 47.2 Å². The first-order valence-electron chi connectivity index (χ1n) is 41.5. The summed E-state index contributed by atoms with van der Waals surface area (Å²) >= 11 is 0. The Labute approximate surface area is 661 Å². The summed E-state index contributed by atoms with van der Waals surface area (Å²) in [6, 6.07) is 0. The van der Waals surface area contributed by atoms with Gasteiger partial charge < -0.3 is 148 Å². The fourth-order valence-corrected chi connectivity index (χ4v) is 22.0. The van der Waals surface area contributed by atoms with Crippen molar-refractivity contribution in [3.8, 4) is 0 Å². The van der Waals surface area contributed by atoms with E-state index in [-0.39, 0.29) is 49.5 Å². The van der Waals surface area contributed by atoms with Crippen LogP contribution < -0.4 is 5.32 Å². The van der Waals surface area contributed by atoms with Crippen LogP contribution >= 0.6 is 0 Å². The highest BCUT2D eigenvalue weighted by Gasteiger charge is 2.73. The number of esters is 1. The van der Waals surface area contributed by atoms with Crippen LogP contribution in [0.25, 0.3) is 0 Å². The fourth-order valence-electron chi connectivity index (χ4n) is 22.0. The molecule has 0 aromatic rings. The molecule has 5 heterocycles. The van der Waals surface area contributed by atoms with Crippen LogP contribution in [0, 0.1) is 56.2 Å². The van der Waals surface area contributed by atoms with E-state index in [4.69, 9.17) is 66.3 Å². The molecule has 5 saturated carbocycles. The molecule has 1 amide bonds. The normalized spacial score (nSPS) is 48.5. The molecule has 11 aliphatic rings. The van der Waals surface area contributed by atoms with Gasteiger partial charge in [-0.05, 0) is 124 Å². The molecule has 16 N–H and O–H groups in total. The third kappa shape index (κ3) is 17.6. The lowest BCUT2D eigenvalue weighted by molar-refractivity contribution is -0.375. The second-order valence-electron chi connectivity index (χ2n) is 36.3. The molecule has 0 bridgehead atoms. The Morgan fingerprint density at radius 3 is 1.80 bits per heavy atom. The van der Waals surface area contributed by atoms with Crippen LogP contribution in [-0.4, -0.2) is 320 Å². The first kappa shape index (κ1) is 90.7. The van der Waals surface area contributed by atoms with Crippen molar-refractivity contribution >= 4 is 18.0 Å². The Hall–Kier alpha value is -3.09. The third-order valence-corrected chi connectivity index (χ3v) is 28.9. The number of carboxylic acids is 1. The summed E-state index contributed by atoms with van der Waals surface area (Å²) in [5.74, 6) is -4.67. The number of carbonyl (C=O) groups excluding carboxylic acids is 2. The molecule has 10 fully saturated rings. The minimum atomic E-state index is -2.14. The molecule has 6 aliphatic carbocycles. The summed E-state index contributed by atoms with van der Waals surface area (Å²) in [6.07, 6.45) is -30.5. The smallest absolute Gasteiger partial charge is 0.407 e. The predicted molar refractivity (Wildman–Crippen MR) is 394 cm³/mol. The number of carboxylic acid groups (broad SMARTS) is 1. The zero-order valence-electron chi connectivity index (χ0n) is 67.5. The summed E-state index contributed by atoms with van der Waals surface area (Å²) < 4.78 is 86.4. The molecule has 5 saturated heterocycles. The monoisotopic (exact) mass is 1620 g/mol. The molecular weight excluding hydrogens is 1490 g/mol. The molecule has 11 rings (SSSR count). The highest BCUT2D eigenvalue weighted by Crippen LogP contribution is 2.76. The standard InChI is InChI=1S/C80H133NO32/c1-12-13-14-15-16-17-18-19-20-21-30-81-74(99)112-59-38(2)105-71(65(55(59)92)111-70-58(95)62(101-11)60(39(3)104-70)108-69-57(94)61(100-10)44(85)36-103-69)113-73(98)80-29-28-75(4,5)32-42(80)41-22-23-47-76(6)26-25-49(77(7,37-83)46(76)24-27-78(47,8)79(41,9)33-48(80)86)107-72-66(106-45-31-40(34-82)50(87)53(90)52(45)89)63(56(93)64(110-72)67(96)97)109-68-54(91)51(88)43(84)35-102-68/h22,38-40,42-66,68-72,82-95H,12-21,23-37H2,1-11H3,(H,81,99)(H,96,97)/t38?,39?,40?,42?,43-,44-,45-,46?,47?,48?,49?,50+,51?,52?,53?,54?,55?,56+,57?,58?,59+,60+,61?,62?,63?,64?,65?,66?,68+,69+,70+,71+,72-,76+,77+,78-,79-,80-/m1/s1. The molecular formula is C80H133NO32. The van der Waals surface area contributed by atoms with E-state index >= 15 is 4.79 Å². The van der Waals surface area contributed by atoms with Gasteiger partial charge in [-0.2, -0.15) is 0 Å². The number of aliphatic carboxylic acids is 1. The molecule has 0 radical (unpaired) electrons. The van der Waals surface area contributed by atoms with Crippen molar-refractivity contribution < 1.29 is 157 Å². The molecule has 0 aromatic carbocycles. The van der Waals surface area contributed by atoms with Crippen LogP contribution in [0.1, 0.15) is 191 Å². The van der Waals surface area contributed by atoms with Crippen molar-refractivity contribution in [2.24, 2.45) is 56.2 Å². The van der Waals surface area contributed by atoms with E-state index in [1.165, 1.54) is 46.3 Å². The molecule has 113 heavy (non-hydrogen) atoms. The van der Waals surface area contributed by atoms with Gasteiger partial charge in [0, 0.05) is 38.7 Å². The van der Waals surface area contributed by atoms with Crippen molar-refractivity contribution in [1.82, 2.24) is 5.32 Å². The number of aliphatic hydroxyl groups is 14. The largest absolute Gasteiger partial charge is 0.479 e. The topological polar surface area (TPSA) is 496 Å². The lowest BCUT2D eigenvalue weighted by Crippen LogP contribution is -2.69. The van der Waals surface area contributed by atoms with E-state index in [0.717, 1.165) is 31.3 Å². The van der Waals surface area contributed by atoms with E-state index in [1.54, 1.807) is 13.8 Å². The number of fused-ring (bicyclic) bond motifs is 7. The summed E-state index contributed by atoms with van der Waals surface area (Å²) in [4.78, 5) is 43.0. The second kappa shape index (κ2) is 37.1. The molecule has 5 aliphatic heterocycles. The van der Waals surface area contributed by atoms with Gasteiger partial charge in [-0.25, -0.2) is 9.59 Å². The van der Waals surface area contributed by atoms with Crippen LogP contribution in [-0.2, 0) is 75.9 Å². The van der Waals surface area contributed by atoms with Crippen LogP contribution in [0.5, 0.6) is 0 Å². The number of allylic oxidation sites excluding steroid dienone is 2. The highest BCUT2D eigenvalue weighted by molar-refractivity contribution is 5.80. The zero-order chi connectivity index (χ0) is 82.4. The Bertz CT molecular complexity index is 3160. The van der Waals surface area contributed by atoms with E-state index in [2.05, 4.69) is 52.9 Å². The van der Waals surface area contributed by atoms with Crippen molar-refractivity contribution in [1.29, 1.82) is 0 Å². The lowest BCUT2D eigenvalue weighted by Gasteiger charge is -2.72. The lowest BCUT2D eigenvalue weighted by atomic mass is 9.33. The number of aliphatic hydroxyl groups excluding tert-OH is 14. The SMILES string of the molecule is CCCCCCCCCCCCNC(=O)O[C@H]1C(C)O[C@@H](OC(=O)[C@]23CCC(C)(C)CC2C2=CCC4[C@@]5(C)CCC(O[C@@H]6OC(C(=O)O)[C@@H](O)C(O[C@@H]7OC[C@@H](O)C(O)C7O)C6O[C@@H]6CC(CO)[C@H](O)C(O)C6O)[C@@](C)(CO)C5CC[C@@]4(C)[C@]2(C)CC3O)C(O[C@@H]2OC(C)[C@H](O[C@@H]3OC[C@@H](O)C(OC)C3O)C(OC)C2O)C1O. The summed E-state index contributed by atoms with van der Waals surface area (Å²) in [5, 5.41) is 173. The summed E-state index contributed by atoms with van der Waals surface area (Å²) in [7, 11) is 2.63. The number of alkyl carbamates (subject to hydrolysis) is 1. The molecule has 33 nitrogen and oxygen atoms in total. The number of rotatable bonds is 29. The average Bonchev–Trinajstić information content (AvgIpc) is 0.670. The van der Waals surface area contributed by atoms with E-state index in [9.17, 15) is 86.2 Å². The van der Waals surface area contributed by atoms with Gasteiger partial charge in [-0.3, -0.25) is 4.79 Å². The predicted octanol–water partition coefficient (Wildman–Crippen LogP) is 1.61.